The molecule has 1 unspecified atom stereocenters. The molecule has 5 N–H and O–H groups in total. The number of nitrogens with two attached hydrogens (primary N) is 2. The van der Waals surface area contributed by atoms with E-state index in [2.05, 4.69) is 4.90 Å². The Labute approximate surface area is 117 Å². The van der Waals surface area contributed by atoms with Gasteiger partial charge in [0.25, 0.3) is 0 Å². The first-order valence-corrected chi connectivity index (χ1v) is 8.13. The van der Waals surface area contributed by atoms with Crippen molar-refractivity contribution in [3.63, 3.8) is 0 Å². The number of methoxy groups -OCH3 is 1. The van der Waals surface area contributed by atoms with Gasteiger partial charge in [0.05, 0.1) is 21.2 Å². The molecule has 6 heteroatoms. The van der Waals surface area contributed by atoms with Crippen molar-refractivity contribution in [2.45, 2.75) is 26.7 Å². The minimum absolute atomic E-state index is 0.529. The van der Waals surface area contributed by atoms with Crippen molar-refractivity contribution < 1.29 is 9.63 Å². The highest BCUT2D eigenvalue weighted by Gasteiger charge is 2.21. The third-order valence-corrected chi connectivity index (χ3v) is 4.44. The van der Waals surface area contributed by atoms with Crippen molar-refractivity contribution >= 4 is 8.30 Å². The van der Waals surface area contributed by atoms with Crippen LogP contribution in [0.15, 0.2) is 23.2 Å². The fraction of sp³-hybridized carbons (Fsp3) is 0.692. The zero-order valence-corrected chi connectivity index (χ0v) is 13.0. The summed E-state index contributed by atoms with van der Waals surface area (Å²) in [6.45, 7) is 5.76. The molecule has 1 aliphatic heterocycles. The summed E-state index contributed by atoms with van der Waals surface area (Å²) in [5.41, 5.74) is 12.7. The molecule has 19 heavy (non-hydrogen) atoms. The Morgan fingerprint density at radius 2 is 2.00 bits per heavy atom. The molecule has 1 fully saturated rings. The summed E-state index contributed by atoms with van der Waals surface area (Å²) in [6, 6.07) is 0. The van der Waals surface area contributed by atoms with Crippen LogP contribution in [0.3, 0.4) is 0 Å². The molecule has 0 aliphatic carbocycles. The standard InChI is InChI=1S/C13H26N3O2P/c1-10(8-11(2)18-3)13(14)16-6-4-12(5-7-16)9-19(15)17/h8,12,17H,4-7,9,14-15H2,1-3H3/b11-8+,13-10-. The smallest absolute Gasteiger partial charge is 0.102 e. The van der Waals surface area contributed by atoms with Gasteiger partial charge in [-0.15, -0.1) is 0 Å². The zero-order valence-electron chi connectivity index (χ0n) is 12.1. The Kier molecular flexibility index (Phi) is 6.63. The molecular weight excluding hydrogens is 261 g/mol. The van der Waals surface area contributed by atoms with Crippen molar-refractivity contribution in [1.29, 1.82) is 0 Å². The van der Waals surface area contributed by atoms with Crippen molar-refractivity contribution in [3.8, 4) is 0 Å². The lowest BCUT2D eigenvalue weighted by atomic mass is 9.99. The van der Waals surface area contributed by atoms with E-state index in [0.29, 0.717) is 5.92 Å². The number of hydrogen-bond acceptors (Lipinski definition) is 5. The fourth-order valence-corrected chi connectivity index (χ4v) is 3.20. The minimum Gasteiger partial charge on any atom is -0.501 e. The number of rotatable bonds is 5. The van der Waals surface area contributed by atoms with Crippen molar-refractivity contribution in [3.05, 3.63) is 23.2 Å². The Hall–Kier alpha value is -0.770. The lowest BCUT2D eigenvalue weighted by Crippen LogP contribution is -2.37. The van der Waals surface area contributed by atoms with Crippen LogP contribution in [0.2, 0.25) is 0 Å². The summed E-state index contributed by atoms with van der Waals surface area (Å²) in [4.78, 5) is 11.5. The Morgan fingerprint density at radius 3 is 2.47 bits per heavy atom. The highest BCUT2D eigenvalue weighted by molar-refractivity contribution is 7.48. The molecule has 1 saturated heterocycles. The molecule has 0 aromatic rings. The van der Waals surface area contributed by atoms with E-state index < -0.39 is 8.30 Å². The maximum atomic E-state index is 9.27. The van der Waals surface area contributed by atoms with Gasteiger partial charge < -0.3 is 20.3 Å². The second kappa shape index (κ2) is 7.73. The van der Waals surface area contributed by atoms with Gasteiger partial charge in [-0.2, -0.15) is 0 Å². The Morgan fingerprint density at radius 1 is 1.42 bits per heavy atom. The summed E-state index contributed by atoms with van der Waals surface area (Å²) < 4.78 is 5.13. The topological polar surface area (TPSA) is 84.7 Å². The highest BCUT2D eigenvalue weighted by Crippen LogP contribution is 2.29. The molecule has 1 aliphatic rings. The van der Waals surface area contributed by atoms with Gasteiger partial charge >= 0.3 is 0 Å². The van der Waals surface area contributed by atoms with Crippen molar-refractivity contribution in [1.82, 2.24) is 4.90 Å². The molecule has 0 bridgehead atoms. The van der Waals surface area contributed by atoms with Gasteiger partial charge in [-0.25, -0.2) is 0 Å². The van der Waals surface area contributed by atoms with Crippen LogP contribution < -0.4 is 11.2 Å². The quantitative estimate of drug-likeness (QED) is 0.407. The first-order valence-electron chi connectivity index (χ1n) is 6.58. The summed E-state index contributed by atoms with van der Waals surface area (Å²) in [7, 11) is 0.386. The lowest BCUT2D eigenvalue weighted by molar-refractivity contribution is 0.234. The Balaban J connectivity index is 2.57. The summed E-state index contributed by atoms with van der Waals surface area (Å²) in [6.07, 6.45) is 4.78. The SMILES string of the molecule is CO/C(C)=C/C(C)=C(/N)N1CCC(CP(N)O)CC1. The van der Waals surface area contributed by atoms with Crippen molar-refractivity contribution in [2.75, 3.05) is 26.4 Å². The lowest BCUT2D eigenvalue weighted by Gasteiger charge is -2.34. The van der Waals surface area contributed by atoms with Crippen LogP contribution >= 0.6 is 8.30 Å². The molecule has 5 nitrogen and oxygen atoms in total. The minimum atomic E-state index is -1.27. The predicted octanol–water partition coefficient (Wildman–Crippen LogP) is 1.70. The normalized spacial score (nSPS) is 21.1. The van der Waals surface area contributed by atoms with E-state index in [4.69, 9.17) is 16.0 Å². The number of piperidine rings is 1. The summed E-state index contributed by atoms with van der Waals surface area (Å²) in [5, 5.41) is 0. The number of nitrogens with zero attached hydrogens (tertiary/aromatic N) is 1. The monoisotopic (exact) mass is 287 g/mol. The number of likely N-dealkylation sites (tertiary alicyclic amines) is 1. The molecule has 0 spiro atoms. The van der Waals surface area contributed by atoms with E-state index in [1.54, 1.807) is 7.11 Å². The van der Waals surface area contributed by atoms with Gasteiger partial charge in [0.2, 0.25) is 0 Å². The first kappa shape index (κ1) is 16.3. The number of ether oxygens (including phenoxy) is 1. The molecule has 0 aromatic heterocycles. The maximum Gasteiger partial charge on any atom is 0.102 e. The Bertz CT molecular complexity index is 348. The molecule has 0 amide bonds. The van der Waals surface area contributed by atoms with Gasteiger partial charge in [0.15, 0.2) is 0 Å². The number of hydrogen-bond donors (Lipinski definition) is 3. The van der Waals surface area contributed by atoms with Crippen LogP contribution in [0.25, 0.3) is 0 Å². The van der Waals surface area contributed by atoms with Gasteiger partial charge in [-0.3, -0.25) is 5.50 Å². The average molecular weight is 287 g/mol. The molecule has 1 heterocycles. The molecule has 0 saturated carbocycles. The summed E-state index contributed by atoms with van der Waals surface area (Å²) >= 11 is 0. The molecule has 1 rings (SSSR count). The van der Waals surface area contributed by atoms with Crippen LogP contribution in [-0.2, 0) is 4.74 Å². The molecule has 1 atom stereocenters. The maximum absolute atomic E-state index is 9.27. The number of allylic oxidation sites excluding steroid dienone is 3. The summed E-state index contributed by atoms with van der Waals surface area (Å²) in [5.74, 6) is 2.19. The van der Waals surface area contributed by atoms with E-state index in [1.165, 1.54) is 0 Å². The van der Waals surface area contributed by atoms with E-state index in [0.717, 1.165) is 49.2 Å². The van der Waals surface area contributed by atoms with Crippen LogP contribution in [0.1, 0.15) is 26.7 Å². The van der Waals surface area contributed by atoms with Crippen LogP contribution in [0.4, 0.5) is 0 Å². The largest absolute Gasteiger partial charge is 0.501 e. The molecule has 110 valence electrons. The van der Waals surface area contributed by atoms with Gasteiger partial charge in [0.1, 0.15) is 5.82 Å². The van der Waals surface area contributed by atoms with Crippen LogP contribution in [-0.4, -0.2) is 36.2 Å². The molecular formula is C13H26N3O2P. The van der Waals surface area contributed by atoms with Crippen molar-refractivity contribution in [2.24, 2.45) is 17.2 Å². The predicted molar refractivity (Wildman–Crippen MR) is 80.1 cm³/mol. The third kappa shape index (κ3) is 5.39. The van der Waals surface area contributed by atoms with Gasteiger partial charge in [-0.1, -0.05) is 0 Å². The van der Waals surface area contributed by atoms with E-state index in [-0.39, 0.29) is 0 Å². The van der Waals surface area contributed by atoms with E-state index >= 15 is 0 Å². The fourth-order valence-electron chi connectivity index (χ4n) is 2.31. The van der Waals surface area contributed by atoms with Crippen LogP contribution in [0, 0.1) is 5.92 Å². The zero-order chi connectivity index (χ0) is 14.4. The van der Waals surface area contributed by atoms with Gasteiger partial charge in [0, 0.05) is 19.3 Å². The second-order valence-electron chi connectivity index (χ2n) is 5.08. The van der Waals surface area contributed by atoms with E-state index in [9.17, 15) is 4.89 Å². The average Bonchev–Trinajstić information content (AvgIpc) is 2.37. The first-order chi connectivity index (χ1) is 8.93. The third-order valence-electron chi connectivity index (χ3n) is 3.55. The van der Waals surface area contributed by atoms with Gasteiger partial charge in [-0.05, 0) is 44.3 Å². The van der Waals surface area contributed by atoms with Crippen LogP contribution in [0.5, 0.6) is 0 Å². The van der Waals surface area contributed by atoms with E-state index in [1.807, 2.05) is 19.9 Å². The highest BCUT2D eigenvalue weighted by atomic mass is 31.2. The second-order valence-corrected chi connectivity index (χ2v) is 6.32. The molecule has 0 aromatic carbocycles. The molecule has 0 radical (unpaired) electrons.